The normalized spacial score (nSPS) is 16.9. The second-order valence-electron chi connectivity index (χ2n) is 7.79. The molecule has 8 nitrogen and oxygen atoms in total. The molecule has 0 amide bonds. The van der Waals surface area contributed by atoms with Crippen molar-refractivity contribution in [1.29, 1.82) is 0 Å². The van der Waals surface area contributed by atoms with Gasteiger partial charge in [-0.15, -0.1) is 0 Å². The molecule has 1 saturated heterocycles. The molecule has 170 valence electrons. The molecule has 2 heterocycles. The van der Waals surface area contributed by atoms with Crippen molar-refractivity contribution in [2.75, 3.05) is 33.3 Å². The first-order valence-corrected chi connectivity index (χ1v) is 12.5. The topological polar surface area (TPSA) is 84.7 Å². The van der Waals surface area contributed by atoms with Crippen LogP contribution in [-0.2, 0) is 17.1 Å². The average molecular weight is 521 g/mol. The number of nitrogens with zero attached hydrogens (tertiary/aromatic N) is 4. The zero-order valence-corrected chi connectivity index (χ0v) is 20.6. The van der Waals surface area contributed by atoms with Gasteiger partial charge >= 0.3 is 0 Å². The predicted octanol–water partition coefficient (Wildman–Crippen LogP) is 2.77. The maximum Gasteiger partial charge on any atom is 0.261 e. The van der Waals surface area contributed by atoms with Gasteiger partial charge in [0.1, 0.15) is 11.6 Å². The number of piperazine rings is 1. The Bertz CT molecular complexity index is 1300. The van der Waals surface area contributed by atoms with Gasteiger partial charge in [-0.3, -0.25) is 14.3 Å². The summed E-state index contributed by atoms with van der Waals surface area (Å²) in [6.07, 6.45) is 0. The van der Waals surface area contributed by atoms with Gasteiger partial charge in [-0.1, -0.05) is 15.9 Å². The molecule has 0 aliphatic carbocycles. The second kappa shape index (κ2) is 8.93. The monoisotopic (exact) mass is 520 g/mol. The van der Waals surface area contributed by atoms with Gasteiger partial charge in [0.25, 0.3) is 5.56 Å². The van der Waals surface area contributed by atoms with Crippen molar-refractivity contribution in [1.82, 2.24) is 18.8 Å². The molecule has 10 heteroatoms. The molecule has 0 N–H and O–H groups in total. The lowest BCUT2D eigenvalue weighted by Crippen LogP contribution is -2.49. The summed E-state index contributed by atoms with van der Waals surface area (Å²) in [5.41, 5.74) is 0.486. The van der Waals surface area contributed by atoms with Gasteiger partial charge in [0.05, 0.1) is 29.0 Å². The van der Waals surface area contributed by atoms with Crippen LogP contribution in [0.15, 0.2) is 56.6 Å². The van der Waals surface area contributed by atoms with Gasteiger partial charge in [-0.05, 0) is 49.4 Å². The van der Waals surface area contributed by atoms with E-state index in [1.807, 2.05) is 6.92 Å². The van der Waals surface area contributed by atoms with Crippen molar-refractivity contribution in [2.45, 2.75) is 17.9 Å². The molecule has 0 radical (unpaired) electrons. The van der Waals surface area contributed by atoms with Crippen molar-refractivity contribution < 1.29 is 13.2 Å². The average Bonchev–Trinajstić information content (AvgIpc) is 2.81. The molecule has 1 aliphatic rings. The molecule has 0 bridgehead atoms. The van der Waals surface area contributed by atoms with E-state index in [1.165, 1.54) is 4.31 Å². The third kappa shape index (κ3) is 4.19. The minimum absolute atomic E-state index is 0.132. The Balaban J connectivity index is 1.54. The maximum atomic E-state index is 13.0. The third-order valence-electron chi connectivity index (χ3n) is 5.96. The highest BCUT2D eigenvalue weighted by Crippen LogP contribution is 2.25. The molecule has 4 rings (SSSR count). The zero-order valence-electron chi connectivity index (χ0n) is 18.2. The number of hydrogen-bond acceptors (Lipinski definition) is 6. The molecular formula is C22H25BrN4O4S. The molecular weight excluding hydrogens is 496 g/mol. The van der Waals surface area contributed by atoms with Crippen LogP contribution < -0.4 is 10.3 Å². The van der Waals surface area contributed by atoms with Gasteiger partial charge in [0, 0.05) is 37.7 Å². The Morgan fingerprint density at radius 1 is 1.06 bits per heavy atom. The van der Waals surface area contributed by atoms with E-state index >= 15 is 0 Å². The standard InChI is InChI=1S/C22H25BrN4O4S/c1-15(21-24-20-9-6-17(31-3)14-19(20)22(28)25(21)2)26-10-12-27(13-11-26)32(29,30)18-7-4-16(23)5-8-18/h4-9,14-15H,10-13H2,1-3H3. The van der Waals surface area contributed by atoms with Crippen molar-refractivity contribution in [3.05, 3.63) is 63.1 Å². The van der Waals surface area contributed by atoms with E-state index in [0.29, 0.717) is 48.7 Å². The zero-order chi connectivity index (χ0) is 23.0. The highest BCUT2D eigenvalue weighted by Gasteiger charge is 2.31. The van der Waals surface area contributed by atoms with Gasteiger partial charge < -0.3 is 4.74 Å². The number of ether oxygens (including phenoxy) is 1. The molecule has 3 aromatic rings. The molecule has 0 spiro atoms. The summed E-state index contributed by atoms with van der Waals surface area (Å²) >= 11 is 3.34. The van der Waals surface area contributed by atoms with Crippen LogP contribution in [0.2, 0.25) is 0 Å². The van der Waals surface area contributed by atoms with Crippen molar-refractivity contribution in [3.8, 4) is 5.75 Å². The van der Waals surface area contributed by atoms with E-state index in [2.05, 4.69) is 20.8 Å². The van der Waals surface area contributed by atoms with Gasteiger partial charge in [0.2, 0.25) is 10.0 Å². The fourth-order valence-corrected chi connectivity index (χ4v) is 5.70. The van der Waals surface area contributed by atoms with Crippen LogP contribution in [-0.4, -0.2) is 60.5 Å². The van der Waals surface area contributed by atoms with Crippen molar-refractivity contribution in [3.63, 3.8) is 0 Å². The van der Waals surface area contributed by atoms with E-state index in [0.717, 1.165) is 4.47 Å². The minimum atomic E-state index is -3.54. The fraction of sp³-hybridized carbons (Fsp3) is 0.364. The number of benzene rings is 2. The number of aromatic nitrogens is 2. The van der Waals surface area contributed by atoms with Crippen LogP contribution in [0.1, 0.15) is 18.8 Å². The van der Waals surface area contributed by atoms with E-state index < -0.39 is 10.0 Å². The molecule has 1 fully saturated rings. The smallest absolute Gasteiger partial charge is 0.261 e. The highest BCUT2D eigenvalue weighted by molar-refractivity contribution is 9.10. The number of methoxy groups -OCH3 is 1. The lowest BCUT2D eigenvalue weighted by molar-refractivity contribution is 0.139. The number of halogens is 1. The molecule has 1 unspecified atom stereocenters. The van der Waals surface area contributed by atoms with E-state index in [-0.39, 0.29) is 16.5 Å². The molecule has 1 atom stereocenters. The second-order valence-corrected chi connectivity index (χ2v) is 10.6. The molecule has 1 aromatic heterocycles. The van der Waals surface area contributed by atoms with Crippen LogP contribution in [0.3, 0.4) is 0 Å². The number of hydrogen-bond donors (Lipinski definition) is 0. The first kappa shape index (κ1) is 22.9. The SMILES string of the molecule is COc1ccc2nc(C(C)N3CCN(S(=O)(=O)c4ccc(Br)cc4)CC3)n(C)c(=O)c2c1. The fourth-order valence-electron chi connectivity index (χ4n) is 4.02. The van der Waals surface area contributed by atoms with Crippen LogP contribution >= 0.6 is 15.9 Å². The Kier molecular flexibility index (Phi) is 6.39. The van der Waals surface area contributed by atoms with E-state index in [1.54, 1.807) is 61.2 Å². The lowest BCUT2D eigenvalue weighted by Gasteiger charge is -2.37. The number of sulfonamides is 1. The summed E-state index contributed by atoms with van der Waals surface area (Å²) in [6, 6.07) is 11.8. The largest absolute Gasteiger partial charge is 0.497 e. The van der Waals surface area contributed by atoms with Gasteiger partial charge in [-0.2, -0.15) is 4.31 Å². The predicted molar refractivity (Wildman–Crippen MR) is 126 cm³/mol. The molecule has 2 aromatic carbocycles. The van der Waals surface area contributed by atoms with Gasteiger partial charge in [0.15, 0.2) is 0 Å². The Labute approximate surface area is 195 Å². The summed E-state index contributed by atoms with van der Waals surface area (Å²) in [4.78, 5) is 20.1. The highest BCUT2D eigenvalue weighted by atomic mass is 79.9. The summed E-state index contributed by atoms with van der Waals surface area (Å²) < 4.78 is 35.1. The number of rotatable bonds is 5. The maximum absolute atomic E-state index is 13.0. The quantitative estimate of drug-likeness (QED) is 0.514. The van der Waals surface area contributed by atoms with Crippen LogP contribution in [0, 0.1) is 0 Å². The first-order valence-electron chi connectivity index (χ1n) is 10.3. The van der Waals surface area contributed by atoms with Crippen LogP contribution in [0.25, 0.3) is 10.9 Å². The van der Waals surface area contributed by atoms with Crippen molar-refractivity contribution >= 4 is 36.9 Å². The van der Waals surface area contributed by atoms with E-state index in [9.17, 15) is 13.2 Å². The third-order valence-corrected chi connectivity index (χ3v) is 8.40. The first-order chi connectivity index (χ1) is 15.2. The van der Waals surface area contributed by atoms with Crippen LogP contribution in [0.4, 0.5) is 0 Å². The Morgan fingerprint density at radius 2 is 1.72 bits per heavy atom. The number of fused-ring (bicyclic) bond motifs is 1. The molecule has 0 saturated carbocycles. The minimum Gasteiger partial charge on any atom is -0.497 e. The van der Waals surface area contributed by atoms with Crippen molar-refractivity contribution in [2.24, 2.45) is 7.05 Å². The molecule has 32 heavy (non-hydrogen) atoms. The summed E-state index contributed by atoms with van der Waals surface area (Å²) in [7, 11) is -0.262. The lowest BCUT2D eigenvalue weighted by atomic mass is 10.2. The van der Waals surface area contributed by atoms with E-state index in [4.69, 9.17) is 9.72 Å². The Hall–Kier alpha value is -2.27. The van der Waals surface area contributed by atoms with Gasteiger partial charge in [-0.25, -0.2) is 13.4 Å². The summed E-state index contributed by atoms with van der Waals surface area (Å²) in [6.45, 7) is 3.85. The van der Waals surface area contributed by atoms with Crippen LogP contribution in [0.5, 0.6) is 5.75 Å². The summed E-state index contributed by atoms with van der Waals surface area (Å²) in [5.74, 6) is 1.26. The molecule has 1 aliphatic heterocycles. The summed E-state index contributed by atoms with van der Waals surface area (Å²) in [5, 5.41) is 0.508. The Morgan fingerprint density at radius 3 is 2.34 bits per heavy atom.